The van der Waals surface area contributed by atoms with Crippen molar-refractivity contribution in [3.05, 3.63) is 137 Å². The van der Waals surface area contributed by atoms with Crippen molar-refractivity contribution in [2.45, 2.75) is 134 Å². The molecule has 6 unspecified atom stereocenters. The Bertz CT molecular complexity index is 2450. The summed E-state index contributed by atoms with van der Waals surface area (Å²) in [6.45, 7) is 19.7. The first-order valence-corrected chi connectivity index (χ1v) is 22.6. The van der Waals surface area contributed by atoms with Crippen LogP contribution >= 0.6 is 0 Å². The van der Waals surface area contributed by atoms with Crippen LogP contribution in [0.4, 0.5) is 17.1 Å². The maximum atomic E-state index is 2.66. The lowest BCUT2D eigenvalue weighted by atomic mass is 9.26. The number of benzene rings is 5. The lowest BCUT2D eigenvalue weighted by Crippen LogP contribution is -2.73. The van der Waals surface area contributed by atoms with Crippen molar-refractivity contribution in [3.8, 4) is 22.3 Å². The van der Waals surface area contributed by atoms with Gasteiger partial charge in [-0.15, -0.1) is 0 Å². The number of anilines is 3. The van der Waals surface area contributed by atoms with E-state index in [1.807, 2.05) is 0 Å². The summed E-state index contributed by atoms with van der Waals surface area (Å²) in [6, 6.07) is 41.6. The summed E-state index contributed by atoms with van der Waals surface area (Å²) in [5.74, 6) is 3.46. The topological polar surface area (TPSA) is 3.24 Å². The van der Waals surface area contributed by atoms with E-state index in [0.29, 0.717) is 5.41 Å². The second-order valence-corrected chi connectivity index (χ2v) is 22.7. The first kappa shape index (κ1) is 34.9. The molecule has 0 amide bonds. The van der Waals surface area contributed by atoms with Crippen LogP contribution in [0.3, 0.4) is 0 Å². The molecular weight excluding hydrogens is 687 g/mol. The Hall–Kier alpha value is -4.10. The molecule has 5 aromatic carbocycles. The molecule has 4 saturated carbocycles. The van der Waals surface area contributed by atoms with Gasteiger partial charge < -0.3 is 4.90 Å². The molecule has 0 N–H and O–H groups in total. The zero-order chi connectivity index (χ0) is 39.1. The van der Waals surface area contributed by atoms with E-state index in [2.05, 4.69) is 163 Å². The summed E-state index contributed by atoms with van der Waals surface area (Å²) in [5, 5.41) is 0. The molecule has 2 spiro atoms. The fourth-order valence-electron chi connectivity index (χ4n) is 15.3. The summed E-state index contributed by atoms with van der Waals surface area (Å²) >= 11 is 0. The van der Waals surface area contributed by atoms with E-state index in [9.17, 15) is 0 Å². The number of hydrogen-bond acceptors (Lipinski definition) is 1. The molecular formula is C56H61N. The fourth-order valence-corrected chi connectivity index (χ4v) is 15.3. The van der Waals surface area contributed by atoms with Crippen LogP contribution in [-0.4, -0.2) is 0 Å². The van der Waals surface area contributed by atoms with E-state index in [-0.39, 0.29) is 27.1 Å². The second-order valence-electron chi connectivity index (χ2n) is 22.7. The van der Waals surface area contributed by atoms with Gasteiger partial charge in [-0.05, 0) is 194 Å². The normalized spacial score (nSPS) is 31.6. The first-order valence-electron chi connectivity index (χ1n) is 22.6. The van der Waals surface area contributed by atoms with Crippen molar-refractivity contribution in [1.82, 2.24) is 0 Å². The van der Waals surface area contributed by atoms with Gasteiger partial charge in [0.05, 0.1) is 0 Å². The summed E-state index contributed by atoms with van der Waals surface area (Å²) in [4.78, 5) is 2.66. The highest BCUT2D eigenvalue weighted by Crippen LogP contribution is 2.90. The third kappa shape index (κ3) is 4.27. The van der Waals surface area contributed by atoms with Gasteiger partial charge in [0, 0.05) is 22.5 Å². The molecule has 7 aliphatic rings. The van der Waals surface area contributed by atoms with Gasteiger partial charge in [0.1, 0.15) is 0 Å². The highest BCUT2D eigenvalue weighted by molar-refractivity contribution is 5.95. The maximum absolute atomic E-state index is 2.66. The van der Waals surface area contributed by atoms with Gasteiger partial charge in [0.25, 0.3) is 0 Å². The van der Waals surface area contributed by atoms with Gasteiger partial charge in [-0.2, -0.15) is 0 Å². The molecule has 7 aliphatic carbocycles. The fraction of sp³-hybridized carbons (Fsp3) is 0.464. The molecule has 2 bridgehead atoms. The van der Waals surface area contributed by atoms with Crippen molar-refractivity contribution < 1.29 is 0 Å². The zero-order valence-electron chi connectivity index (χ0n) is 35.7. The van der Waals surface area contributed by atoms with Gasteiger partial charge in [0.2, 0.25) is 0 Å². The van der Waals surface area contributed by atoms with Crippen LogP contribution in [-0.2, 0) is 27.1 Å². The van der Waals surface area contributed by atoms with Crippen molar-refractivity contribution >= 4 is 17.1 Å². The minimum atomic E-state index is 0.119. The van der Waals surface area contributed by atoms with Crippen molar-refractivity contribution in [1.29, 1.82) is 0 Å². The van der Waals surface area contributed by atoms with Crippen LogP contribution in [0.1, 0.15) is 140 Å². The average molecular weight is 748 g/mol. The Morgan fingerprint density at radius 3 is 1.61 bits per heavy atom. The Morgan fingerprint density at radius 2 is 1.00 bits per heavy atom. The summed E-state index contributed by atoms with van der Waals surface area (Å²) in [6.07, 6.45) is 10.7. The lowest BCUT2D eigenvalue weighted by Gasteiger charge is -2.76. The highest BCUT2D eigenvalue weighted by atomic mass is 15.1. The van der Waals surface area contributed by atoms with Crippen LogP contribution in [0.5, 0.6) is 0 Å². The smallest absolute Gasteiger partial charge is 0.0474 e. The minimum Gasteiger partial charge on any atom is -0.310 e. The summed E-state index contributed by atoms with van der Waals surface area (Å²) in [7, 11) is 0. The molecule has 0 radical (unpaired) electrons. The molecule has 0 saturated heterocycles. The maximum Gasteiger partial charge on any atom is 0.0474 e. The molecule has 0 heterocycles. The van der Waals surface area contributed by atoms with Gasteiger partial charge >= 0.3 is 0 Å². The predicted octanol–water partition coefficient (Wildman–Crippen LogP) is 14.9. The monoisotopic (exact) mass is 747 g/mol. The molecule has 57 heavy (non-hydrogen) atoms. The van der Waals surface area contributed by atoms with E-state index < -0.39 is 0 Å². The van der Waals surface area contributed by atoms with E-state index in [0.717, 1.165) is 23.7 Å². The Kier molecular flexibility index (Phi) is 6.69. The molecule has 1 heteroatoms. The molecule has 1 nitrogen and oxygen atoms in total. The quantitative estimate of drug-likeness (QED) is 0.177. The van der Waals surface area contributed by atoms with Crippen molar-refractivity contribution in [3.63, 3.8) is 0 Å². The van der Waals surface area contributed by atoms with E-state index >= 15 is 0 Å². The molecule has 4 fully saturated rings. The van der Waals surface area contributed by atoms with Gasteiger partial charge in [-0.3, -0.25) is 0 Å². The number of hydrogen-bond donors (Lipinski definition) is 0. The minimum absolute atomic E-state index is 0.119. The molecule has 0 aromatic heterocycles. The van der Waals surface area contributed by atoms with Gasteiger partial charge in [-0.1, -0.05) is 122 Å². The highest BCUT2D eigenvalue weighted by Gasteiger charge is 2.84. The number of nitrogens with zero attached hydrogens (tertiary/aromatic N) is 1. The van der Waals surface area contributed by atoms with Crippen molar-refractivity contribution in [2.24, 2.45) is 29.1 Å². The third-order valence-electron chi connectivity index (χ3n) is 18.2. The molecule has 0 aliphatic heterocycles. The summed E-state index contributed by atoms with van der Waals surface area (Å²) < 4.78 is 0. The number of rotatable bonds is 4. The van der Waals surface area contributed by atoms with E-state index in [1.165, 1.54) is 113 Å². The van der Waals surface area contributed by atoms with Gasteiger partial charge in [0.15, 0.2) is 0 Å². The lowest BCUT2D eigenvalue weighted by molar-refractivity contribution is -0.231. The van der Waals surface area contributed by atoms with Gasteiger partial charge in [-0.25, -0.2) is 0 Å². The zero-order valence-corrected chi connectivity index (χ0v) is 35.7. The third-order valence-corrected chi connectivity index (χ3v) is 18.2. The average Bonchev–Trinajstić information content (AvgIpc) is 3.83. The summed E-state index contributed by atoms with van der Waals surface area (Å²) in [5.41, 5.74) is 20.4. The number of fused-ring (bicyclic) bond motifs is 10. The molecule has 5 aromatic rings. The standard InChI is InChI=1S/C56H61N/c1-51(2)22-24-53(5,6)46-31-37(18-20-44(46)51)57(38-19-21-45-47(32-38)54(7,8)25-23-52(45,3)4)39-29-41(35-14-10-9-11-15-35)50-42(30-39)40-16-12-13-17-43(40)56(50)48-27-34-26-36-28-49(56)55(36,48)33-34/h9-21,29-32,34,36,48-49H,22-28,33H2,1-8H3. The second kappa shape index (κ2) is 10.9. The first-order chi connectivity index (χ1) is 27.2. The Morgan fingerprint density at radius 1 is 0.456 bits per heavy atom. The molecule has 290 valence electrons. The van der Waals surface area contributed by atoms with Crippen LogP contribution in [0, 0.1) is 29.1 Å². The Balaban J connectivity index is 1.14. The van der Waals surface area contributed by atoms with Crippen LogP contribution in [0.15, 0.2) is 103 Å². The molecule has 6 atom stereocenters. The largest absolute Gasteiger partial charge is 0.310 e. The van der Waals surface area contributed by atoms with E-state index in [1.54, 1.807) is 11.1 Å². The van der Waals surface area contributed by atoms with Crippen LogP contribution in [0.25, 0.3) is 22.3 Å². The van der Waals surface area contributed by atoms with E-state index in [4.69, 9.17) is 0 Å². The SMILES string of the molecule is CC1(C)CCC(C)(C)c2cc(N(c3cc(-c4ccccc4)c4c(c3)-c3ccccc3C43C4CC5CC6CC3C64C5)c3ccc4c(c3)C(C)(C)CCC4(C)C)ccc21. The predicted molar refractivity (Wildman–Crippen MR) is 238 cm³/mol. The Labute approximate surface area is 342 Å². The van der Waals surface area contributed by atoms with Crippen molar-refractivity contribution in [2.75, 3.05) is 4.90 Å². The van der Waals surface area contributed by atoms with Crippen LogP contribution < -0.4 is 4.90 Å². The van der Waals surface area contributed by atoms with Crippen LogP contribution in [0.2, 0.25) is 0 Å². The molecule has 12 rings (SSSR count).